The Hall–Kier alpha value is -18.5. The van der Waals surface area contributed by atoms with E-state index in [0.717, 1.165) is 28.4 Å². The predicted octanol–water partition coefficient (Wildman–Crippen LogP) is 39.1. The molecule has 0 N–H and O–H groups in total. The fourth-order valence-electron chi connectivity index (χ4n) is 23.9. The minimum Gasteiger partial charge on any atom is -0.307 e. The van der Waals surface area contributed by atoms with Gasteiger partial charge in [-0.1, -0.05) is 394 Å². The van der Waals surface area contributed by atoms with Gasteiger partial charge in [0.05, 0.1) is 66.2 Å². The summed E-state index contributed by atoms with van der Waals surface area (Å²) < 4.78 is 22.8. The van der Waals surface area contributed by atoms with Gasteiger partial charge >= 0.3 is 0 Å². The van der Waals surface area contributed by atoms with Gasteiger partial charge in [-0.15, -0.1) is 34.0 Å². The molecule has 0 amide bonds. The van der Waals surface area contributed by atoms with Crippen molar-refractivity contribution in [1.82, 2.24) is 27.4 Å². The number of nitrogens with zero attached hydrogens (tertiary/aromatic N) is 6. The lowest BCUT2D eigenvalue weighted by Gasteiger charge is -2.14. The topological polar surface area (TPSA) is 29.6 Å². The molecular weight excluding hydrogens is 1840 g/mol. The molecule has 9 heterocycles. The Kier molecular flexibility index (Phi) is 19.6. The Morgan fingerprint density at radius 1 is 0.116 bits per heavy atom. The van der Waals surface area contributed by atoms with E-state index in [1.165, 1.54) is 253 Å². The van der Waals surface area contributed by atoms with Gasteiger partial charge in [0.25, 0.3) is 0 Å². The number of hydrogen-bond acceptors (Lipinski definition) is 3. The summed E-state index contributed by atoms with van der Waals surface area (Å²) in [6, 6.07) is 191. The van der Waals surface area contributed by atoms with Crippen molar-refractivity contribution in [2.45, 2.75) is 0 Å². The summed E-state index contributed by atoms with van der Waals surface area (Å²) in [7, 11) is 0. The molecule has 32 aromatic rings. The maximum atomic E-state index is 2.48. The van der Waals surface area contributed by atoms with Gasteiger partial charge in [-0.25, -0.2) is 0 Å². The van der Waals surface area contributed by atoms with Crippen LogP contribution in [0.25, 0.3) is 281 Å². The van der Waals surface area contributed by atoms with Crippen molar-refractivity contribution in [2.24, 2.45) is 0 Å². The van der Waals surface area contributed by atoms with Crippen LogP contribution in [0.5, 0.6) is 0 Å². The zero-order valence-corrected chi connectivity index (χ0v) is 82.0. The van der Waals surface area contributed by atoms with E-state index in [2.05, 4.69) is 549 Å². The Balaban J connectivity index is 0.000000102. The molecule has 0 aliphatic carbocycles. The van der Waals surface area contributed by atoms with Gasteiger partial charge in [0.2, 0.25) is 0 Å². The van der Waals surface area contributed by atoms with Crippen LogP contribution in [-0.4, -0.2) is 27.4 Å². The van der Waals surface area contributed by atoms with Crippen molar-refractivity contribution in [3.8, 4) is 89.8 Å². The van der Waals surface area contributed by atoms with Crippen LogP contribution in [0, 0.1) is 0 Å². The Morgan fingerprint density at radius 2 is 0.313 bits per heavy atom. The molecule has 32 rings (SSSR count). The standard InChI is InChI=1S/2C48H30N2S.C42H26N2S/c1-2-12-31(13-3-1)33-14-10-15-35(30-33)50-44-22-8-5-17-38(44)41-29-28-40-37-16-4-7-21-43(37)49(46(40)47(41)50)34-26-24-32(25-27-34)36-19-11-20-42-39-18-6-9-23-45(39)51-48(36)42;1-2-11-31(12-3-1)32-21-25-34(26-22-32)49-43-18-7-4-13-37(43)40-29-30-41-38-14-5-8-19-44(38)50(47(41)46(40)49)35-27-23-33(24-28-35)36-16-10-17-42-39-15-6-9-20-45(39)51-48(36)42;1-2-11-28(12-3-1)43-37-18-7-4-13-31(37)34-25-26-35-32-14-5-8-19-38(32)44(41(35)40(34)43)29-23-21-27(22-24-29)30-16-10-17-36-33-15-6-9-20-39(33)45-42(30)36/h2*1-30H;1-26H. The number of thiophene rings is 3. The molecule has 9 heteroatoms. The van der Waals surface area contributed by atoms with Crippen LogP contribution in [0.3, 0.4) is 0 Å². The van der Waals surface area contributed by atoms with E-state index in [1.54, 1.807) is 0 Å². The smallest absolute Gasteiger partial charge is 0.0788 e. The summed E-state index contributed by atoms with van der Waals surface area (Å²) in [5, 5.41) is 23.0. The van der Waals surface area contributed by atoms with Crippen LogP contribution in [-0.2, 0) is 0 Å². The zero-order chi connectivity index (χ0) is 96.4. The number of rotatable bonds is 11. The summed E-state index contributed by atoms with van der Waals surface area (Å²) in [6.07, 6.45) is 0. The van der Waals surface area contributed by atoms with Crippen molar-refractivity contribution >= 4 is 225 Å². The molecule has 0 fully saturated rings. The van der Waals surface area contributed by atoms with E-state index in [4.69, 9.17) is 0 Å². The summed E-state index contributed by atoms with van der Waals surface area (Å²) in [4.78, 5) is 0. The highest BCUT2D eigenvalue weighted by Gasteiger charge is 2.28. The second kappa shape index (κ2) is 34.1. The van der Waals surface area contributed by atoms with Crippen LogP contribution in [0.4, 0.5) is 0 Å². The SMILES string of the molecule is c1ccc(-c2ccc(-n3c4ccccc4c4ccc5c6ccccc6n(-c6ccc(-c7cccc8c7sc7ccccc78)cc6)c5c43)cc2)cc1.c1ccc(-c2cccc(-n3c4ccccc4c4ccc5c6ccccc6n(-c6ccc(-c7cccc8c7sc7ccccc78)cc6)c5c43)c2)cc1.c1ccc(-n2c3ccccc3c3ccc4c5ccccc5n(-c5ccc(-c6cccc7c6sc6ccccc67)cc5)c4c32)cc1. The molecule has 0 saturated heterocycles. The number of aromatic nitrogens is 6. The molecule has 0 radical (unpaired) electrons. The first-order chi connectivity index (χ1) is 73.0. The molecule has 6 nitrogen and oxygen atoms in total. The predicted molar refractivity (Wildman–Crippen MR) is 631 cm³/mol. The molecule has 0 unspecified atom stereocenters. The molecule has 0 aliphatic heterocycles. The van der Waals surface area contributed by atoms with Crippen molar-refractivity contribution in [3.05, 3.63) is 522 Å². The molecule has 23 aromatic carbocycles. The maximum Gasteiger partial charge on any atom is 0.0788 e. The van der Waals surface area contributed by atoms with Crippen LogP contribution in [0.2, 0.25) is 0 Å². The normalized spacial score (nSPS) is 11.9. The van der Waals surface area contributed by atoms with Gasteiger partial charge in [-0.3, -0.25) is 0 Å². The summed E-state index contributed by atoms with van der Waals surface area (Å²) in [5.74, 6) is 0. The molecule has 147 heavy (non-hydrogen) atoms. The van der Waals surface area contributed by atoms with Gasteiger partial charge in [0, 0.05) is 159 Å². The average Bonchev–Trinajstić information content (AvgIpc) is 1.55. The highest BCUT2D eigenvalue weighted by atomic mass is 32.1. The summed E-state index contributed by atoms with van der Waals surface area (Å²) >= 11 is 5.65. The number of benzene rings is 23. The largest absolute Gasteiger partial charge is 0.307 e. The average molecular weight is 1920 g/mol. The van der Waals surface area contributed by atoms with E-state index in [1.807, 2.05) is 34.0 Å². The third-order valence-corrected chi connectivity index (χ3v) is 34.0. The molecule has 0 atom stereocenters. The Labute approximate surface area is 857 Å². The van der Waals surface area contributed by atoms with E-state index < -0.39 is 0 Å². The monoisotopic (exact) mass is 1920 g/mol. The lowest BCUT2D eigenvalue weighted by atomic mass is 10.0. The van der Waals surface area contributed by atoms with Gasteiger partial charge in [0.15, 0.2) is 0 Å². The Bertz CT molecular complexity index is 10900. The lowest BCUT2D eigenvalue weighted by molar-refractivity contribution is 1.15. The van der Waals surface area contributed by atoms with Gasteiger partial charge in [-0.2, -0.15) is 0 Å². The van der Waals surface area contributed by atoms with Crippen molar-refractivity contribution in [2.75, 3.05) is 0 Å². The summed E-state index contributed by atoms with van der Waals surface area (Å²) in [5.41, 5.74) is 33.9. The second-order valence-corrected chi connectivity index (χ2v) is 41.5. The van der Waals surface area contributed by atoms with Gasteiger partial charge < -0.3 is 27.4 Å². The second-order valence-electron chi connectivity index (χ2n) is 38.3. The van der Waals surface area contributed by atoms with Crippen molar-refractivity contribution in [1.29, 1.82) is 0 Å². The third kappa shape index (κ3) is 13.4. The van der Waals surface area contributed by atoms with E-state index >= 15 is 0 Å². The third-order valence-electron chi connectivity index (χ3n) is 30.4. The van der Waals surface area contributed by atoms with Crippen LogP contribution in [0.1, 0.15) is 0 Å². The number of hydrogen-bond donors (Lipinski definition) is 0. The fraction of sp³-hybridized carbons (Fsp3) is 0. The number of para-hydroxylation sites is 7. The first-order valence-corrected chi connectivity index (χ1v) is 52.7. The fourth-order valence-corrected chi connectivity index (χ4v) is 27.6. The maximum absolute atomic E-state index is 2.48. The van der Waals surface area contributed by atoms with Crippen molar-refractivity contribution < 1.29 is 0 Å². The summed E-state index contributed by atoms with van der Waals surface area (Å²) in [6.45, 7) is 0. The molecule has 9 aromatic heterocycles. The first-order valence-electron chi connectivity index (χ1n) is 50.2. The lowest BCUT2D eigenvalue weighted by Crippen LogP contribution is -1.99. The first kappa shape index (κ1) is 84.2. The zero-order valence-electron chi connectivity index (χ0n) is 79.6. The number of fused-ring (bicyclic) bond motifs is 30. The van der Waals surface area contributed by atoms with Crippen LogP contribution in [0.15, 0.2) is 522 Å². The molecule has 0 spiro atoms. The van der Waals surface area contributed by atoms with Crippen molar-refractivity contribution in [3.63, 3.8) is 0 Å². The minimum atomic E-state index is 1.15. The van der Waals surface area contributed by atoms with Crippen LogP contribution >= 0.6 is 34.0 Å². The van der Waals surface area contributed by atoms with Gasteiger partial charge in [-0.05, 0) is 183 Å². The highest BCUT2D eigenvalue weighted by Crippen LogP contribution is 2.51. The molecule has 0 saturated carbocycles. The molecule has 686 valence electrons. The van der Waals surface area contributed by atoms with Crippen LogP contribution < -0.4 is 0 Å². The highest BCUT2D eigenvalue weighted by molar-refractivity contribution is 7.27. The molecular formula is C138H86N6S3. The minimum absolute atomic E-state index is 1.15. The molecule has 0 bridgehead atoms. The Morgan fingerprint density at radius 3 is 0.605 bits per heavy atom. The van der Waals surface area contributed by atoms with Gasteiger partial charge in [0.1, 0.15) is 0 Å². The quantitative estimate of drug-likeness (QED) is 0.124. The molecule has 0 aliphatic rings. The van der Waals surface area contributed by atoms with E-state index in [9.17, 15) is 0 Å². The van der Waals surface area contributed by atoms with E-state index in [-0.39, 0.29) is 0 Å². The van der Waals surface area contributed by atoms with E-state index in [0.29, 0.717) is 0 Å².